The third-order valence-electron chi connectivity index (χ3n) is 9.63. The van der Waals surface area contributed by atoms with E-state index in [1.165, 1.54) is 20.7 Å². The minimum atomic E-state index is -2.84. The van der Waals surface area contributed by atoms with Crippen LogP contribution in [-0.2, 0) is 0 Å². The lowest BCUT2D eigenvalue weighted by Crippen LogP contribution is -2.74. The second-order valence-corrected chi connectivity index (χ2v) is 16.1. The van der Waals surface area contributed by atoms with Crippen LogP contribution in [0.2, 0.25) is 0 Å². The first-order valence-corrected chi connectivity index (χ1v) is 18.4. The summed E-state index contributed by atoms with van der Waals surface area (Å²) in [6.07, 6.45) is 0. The van der Waals surface area contributed by atoms with Crippen LogP contribution >= 0.6 is 0 Å². The van der Waals surface area contributed by atoms with Crippen molar-refractivity contribution < 1.29 is 0 Å². The molecular weight excluding hydrogens is 625 g/mol. The second-order valence-electron chi connectivity index (χ2n) is 12.3. The SMILES string of the molecule is N#Cc1cc(-c2cccc([Si](c3ccccc3)(c3ccccc3)c3ccccc3)c2)c(C#N)c(-n2c3ccccc3c3cc(C#N)ccc32)c1. The highest BCUT2D eigenvalue weighted by atomic mass is 28.3. The summed E-state index contributed by atoms with van der Waals surface area (Å²) < 4.78 is 2.05. The first-order valence-electron chi connectivity index (χ1n) is 16.4. The van der Waals surface area contributed by atoms with Crippen molar-refractivity contribution in [1.29, 1.82) is 15.8 Å². The molecule has 5 heteroatoms. The number of fused-ring (bicyclic) bond motifs is 3. The van der Waals surface area contributed by atoms with Crippen molar-refractivity contribution in [3.8, 4) is 35.0 Å². The molecule has 232 valence electrons. The van der Waals surface area contributed by atoms with Gasteiger partial charge < -0.3 is 4.57 Å². The fraction of sp³-hybridized carbons (Fsp3) is 0. The normalized spacial score (nSPS) is 11.1. The fourth-order valence-corrected chi connectivity index (χ4v) is 12.3. The highest BCUT2D eigenvalue weighted by Crippen LogP contribution is 2.37. The maximum atomic E-state index is 10.9. The third kappa shape index (κ3) is 4.80. The molecule has 8 rings (SSSR count). The van der Waals surface area contributed by atoms with E-state index in [0.29, 0.717) is 27.9 Å². The average molecular weight is 653 g/mol. The van der Waals surface area contributed by atoms with Gasteiger partial charge in [0.05, 0.1) is 45.5 Å². The molecule has 1 aromatic heterocycles. The van der Waals surface area contributed by atoms with Crippen molar-refractivity contribution in [2.45, 2.75) is 0 Å². The molecule has 0 spiro atoms. The molecule has 0 fully saturated rings. The second kappa shape index (κ2) is 12.6. The van der Waals surface area contributed by atoms with E-state index >= 15 is 0 Å². The summed E-state index contributed by atoms with van der Waals surface area (Å²) in [7, 11) is -2.84. The van der Waals surface area contributed by atoms with Crippen LogP contribution in [0.3, 0.4) is 0 Å². The number of nitrogens with zero attached hydrogens (tertiary/aromatic N) is 4. The maximum Gasteiger partial charge on any atom is 0.179 e. The lowest BCUT2D eigenvalue weighted by atomic mass is 9.96. The zero-order chi connectivity index (χ0) is 34.1. The lowest BCUT2D eigenvalue weighted by molar-refractivity contribution is 1.16. The minimum absolute atomic E-state index is 0.455. The Balaban J connectivity index is 1.43. The van der Waals surface area contributed by atoms with Crippen molar-refractivity contribution in [3.63, 3.8) is 0 Å². The molecule has 0 radical (unpaired) electrons. The van der Waals surface area contributed by atoms with Gasteiger partial charge in [-0.15, -0.1) is 0 Å². The summed E-state index contributed by atoms with van der Waals surface area (Å²) in [5, 5.41) is 37.8. The molecule has 0 aliphatic heterocycles. The van der Waals surface area contributed by atoms with Crippen LogP contribution in [0.25, 0.3) is 38.6 Å². The van der Waals surface area contributed by atoms with Gasteiger partial charge in [0.15, 0.2) is 8.07 Å². The first-order chi connectivity index (χ1) is 24.7. The minimum Gasteiger partial charge on any atom is -0.308 e. The van der Waals surface area contributed by atoms with Crippen LogP contribution in [0.4, 0.5) is 0 Å². The van der Waals surface area contributed by atoms with E-state index in [4.69, 9.17) is 0 Å². The molecule has 0 aliphatic carbocycles. The van der Waals surface area contributed by atoms with E-state index < -0.39 is 8.07 Å². The largest absolute Gasteiger partial charge is 0.308 e. The molecule has 7 aromatic carbocycles. The van der Waals surface area contributed by atoms with Crippen molar-refractivity contribution in [3.05, 3.63) is 187 Å². The number of hydrogen-bond acceptors (Lipinski definition) is 3. The maximum absolute atomic E-state index is 10.9. The monoisotopic (exact) mass is 652 g/mol. The third-order valence-corrected chi connectivity index (χ3v) is 14.4. The van der Waals surface area contributed by atoms with Gasteiger partial charge in [-0.1, -0.05) is 133 Å². The summed E-state index contributed by atoms with van der Waals surface area (Å²) in [5.74, 6) is 0. The zero-order valence-electron chi connectivity index (χ0n) is 27.0. The molecular formula is C45H28N4Si. The van der Waals surface area contributed by atoms with E-state index in [1.807, 2.05) is 48.5 Å². The molecule has 0 saturated heterocycles. The summed E-state index contributed by atoms with van der Waals surface area (Å²) in [5.41, 5.74) is 5.43. The zero-order valence-corrected chi connectivity index (χ0v) is 28.0. The highest BCUT2D eigenvalue weighted by molar-refractivity contribution is 7.19. The molecule has 0 saturated carbocycles. The van der Waals surface area contributed by atoms with Crippen LogP contribution in [0, 0.1) is 34.0 Å². The van der Waals surface area contributed by atoms with Gasteiger partial charge in [-0.05, 0) is 62.7 Å². The summed E-state index contributed by atoms with van der Waals surface area (Å²) in [4.78, 5) is 0. The molecule has 50 heavy (non-hydrogen) atoms. The van der Waals surface area contributed by atoms with Crippen LogP contribution < -0.4 is 20.7 Å². The number of hydrogen-bond donors (Lipinski definition) is 0. The topological polar surface area (TPSA) is 76.3 Å². The fourth-order valence-electron chi connectivity index (χ4n) is 7.50. The predicted molar refractivity (Wildman–Crippen MR) is 204 cm³/mol. The average Bonchev–Trinajstić information content (AvgIpc) is 3.52. The number of aromatic nitrogens is 1. The molecule has 0 atom stereocenters. The van der Waals surface area contributed by atoms with Gasteiger partial charge in [0.1, 0.15) is 6.07 Å². The Bertz CT molecular complexity index is 2580. The smallest absolute Gasteiger partial charge is 0.179 e. The quantitative estimate of drug-likeness (QED) is 0.138. The molecule has 8 aromatic rings. The molecule has 0 bridgehead atoms. The van der Waals surface area contributed by atoms with Gasteiger partial charge in [-0.25, -0.2) is 0 Å². The van der Waals surface area contributed by atoms with Crippen molar-refractivity contribution in [1.82, 2.24) is 4.57 Å². The van der Waals surface area contributed by atoms with Crippen LogP contribution in [0.1, 0.15) is 16.7 Å². The van der Waals surface area contributed by atoms with E-state index in [0.717, 1.165) is 27.4 Å². The van der Waals surface area contributed by atoms with Crippen LogP contribution in [0.5, 0.6) is 0 Å². The Morgan fingerprint density at radius 2 is 0.980 bits per heavy atom. The predicted octanol–water partition coefficient (Wildman–Crippen LogP) is 7.44. The van der Waals surface area contributed by atoms with E-state index in [2.05, 4.69) is 132 Å². The molecule has 0 amide bonds. The molecule has 4 nitrogen and oxygen atoms in total. The summed E-state index contributed by atoms with van der Waals surface area (Å²) in [6, 6.07) is 65.1. The standard InChI is InChI=1S/C45H28N4Si/c46-29-32-23-24-44-41(25-32)39-21-10-11-22-43(39)49(44)45-27-33(30-47)26-40(42(45)31-48)34-13-12-20-38(28-34)50(35-14-4-1-5-15-35,36-16-6-2-7-17-36)37-18-8-3-9-19-37/h1-28H. The summed E-state index contributed by atoms with van der Waals surface area (Å²) in [6.45, 7) is 0. The Morgan fingerprint density at radius 1 is 0.420 bits per heavy atom. The van der Waals surface area contributed by atoms with Gasteiger partial charge in [-0.3, -0.25) is 0 Å². The van der Waals surface area contributed by atoms with E-state index in [-0.39, 0.29) is 0 Å². The molecule has 0 N–H and O–H groups in total. The Kier molecular flexibility index (Phi) is 7.63. The summed E-state index contributed by atoms with van der Waals surface area (Å²) >= 11 is 0. The molecule has 0 unspecified atom stereocenters. The van der Waals surface area contributed by atoms with Gasteiger partial charge in [0.2, 0.25) is 0 Å². The van der Waals surface area contributed by atoms with Gasteiger partial charge in [-0.2, -0.15) is 15.8 Å². The number of rotatable bonds is 6. The number of nitriles is 3. The van der Waals surface area contributed by atoms with E-state index in [1.54, 1.807) is 12.1 Å². The molecule has 0 aliphatic rings. The number of para-hydroxylation sites is 1. The van der Waals surface area contributed by atoms with Crippen molar-refractivity contribution >= 4 is 50.6 Å². The Morgan fingerprint density at radius 3 is 1.58 bits per heavy atom. The van der Waals surface area contributed by atoms with Gasteiger partial charge in [0, 0.05) is 16.3 Å². The number of benzene rings is 7. The van der Waals surface area contributed by atoms with Crippen molar-refractivity contribution in [2.75, 3.05) is 0 Å². The Labute approximate surface area is 291 Å². The lowest BCUT2D eigenvalue weighted by Gasteiger charge is -2.34. The van der Waals surface area contributed by atoms with Crippen LogP contribution in [0.15, 0.2) is 170 Å². The van der Waals surface area contributed by atoms with E-state index in [9.17, 15) is 15.8 Å². The van der Waals surface area contributed by atoms with Crippen LogP contribution in [-0.4, -0.2) is 12.6 Å². The van der Waals surface area contributed by atoms with Gasteiger partial charge in [0.25, 0.3) is 0 Å². The van der Waals surface area contributed by atoms with Crippen molar-refractivity contribution in [2.24, 2.45) is 0 Å². The Hall–Kier alpha value is -6.97. The highest BCUT2D eigenvalue weighted by Gasteiger charge is 2.41. The van der Waals surface area contributed by atoms with Gasteiger partial charge >= 0.3 is 0 Å². The first kappa shape index (κ1) is 30.4. The molecule has 1 heterocycles.